The predicted octanol–water partition coefficient (Wildman–Crippen LogP) is 6.08. The number of carbonyl (C=O) groups excluding carboxylic acids is 1. The molecule has 0 spiro atoms. The molecule has 0 fully saturated rings. The van der Waals surface area contributed by atoms with Gasteiger partial charge in [-0.15, -0.1) is 0 Å². The second-order valence-electron chi connectivity index (χ2n) is 10.6. The highest BCUT2D eigenvalue weighted by Gasteiger charge is 2.40. The number of rotatable bonds is 11. The number of primary amides is 1. The Hall–Kier alpha value is -3.10. The molecule has 2 N–H and O–H groups in total. The summed E-state index contributed by atoms with van der Waals surface area (Å²) in [5.74, 6) is 1.06. The molecule has 1 heterocycles. The molecular weight excluding hydrogens is 470 g/mol. The van der Waals surface area contributed by atoms with Crippen molar-refractivity contribution >= 4 is 14.2 Å². The van der Waals surface area contributed by atoms with Crippen LogP contribution in [0.4, 0.5) is 0 Å². The summed E-state index contributed by atoms with van der Waals surface area (Å²) in [4.78, 5) is 15.8. The van der Waals surface area contributed by atoms with E-state index in [1.54, 1.807) is 19.6 Å². The molecule has 1 aromatic heterocycles. The molecule has 1 amide bonds. The highest BCUT2D eigenvalue weighted by Crippen LogP contribution is 2.39. The third-order valence-corrected chi connectivity index (χ3v) is 11.6. The lowest BCUT2D eigenvalue weighted by Crippen LogP contribution is -2.45. The monoisotopic (exact) mass is 509 g/mol. The maximum absolute atomic E-state index is 11.6. The van der Waals surface area contributed by atoms with E-state index in [0.29, 0.717) is 13.0 Å². The minimum atomic E-state index is -2.01. The lowest BCUT2D eigenvalue weighted by atomic mass is 10.1. The molecule has 194 valence electrons. The molecule has 3 rings (SSSR count). The van der Waals surface area contributed by atoms with Crippen LogP contribution < -0.4 is 15.2 Å². The summed E-state index contributed by atoms with van der Waals surface area (Å²) >= 11 is 0. The molecule has 0 aliphatic carbocycles. The van der Waals surface area contributed by atoms with Crippen molar-refractivity contribution in [3.05, 3.63) is 66.7 Å². The Morgan fingerprint density at radius 3 is 2.25 bits per heavy atom. The van der Waals surface area contributed by atoms with Gasteiger partial charge in [-0.25, -0.2) is 4.98 Å². The Bertz CT molecular complexity index is 1170. The minimum Gasteiger partial charge on any atom is -0.497 e. The van der Waals surface area contributed by atoms with Gasteiger partial charge in [0, 0.05) is 12.6 Å². The maximum atomic E-state index is 11.6. The normalized spacial score (nSPS) is 13.8. The van der Waals surface area contributed by atoms with Gasteiger partial charge in [0.15, 0.2) is 8.32 Å². The third-order valence-electron chi connectivity index (χ3n) is 6.98. The van der Waals surface area contributed by atoms with Gasteiger partial charge < -0.3 is 24.2 Å². The molecule has 0 aliphatic heterocycles. The number of methoxy groups -OCH3 is 1. The first-order chi connectivity index (χ1) is 16.9. The number of carbonyl (C=O) groups is 1. The van der Waals surface area contributed by atoms with Gasteiger partial charge in [0.25, 0.3) is 5.91 Å². The lowest BCUT2D eigenvalue weighted by molar-refractivity contribution is 0.0994. The number of hydrogen-bond acceptors (Lipinski definition) is 5. The first-order valence-corrected chi connectivity index (χ1v) is 15.2. The molecule has 0 aliphatic rings. The van der Waals surface area contributed by atoms with Crippen LogP contribution in [0.25, 0.3) is 11.1 Å². The number of ether oxygens (including phenoxy) is 2. The van der Waals surface area contributed by atoms with Crippen LogP contribution in [0, 0.1) is 0 Å². The zero-order valence-electron chi connectivity index (χ0n) is 22.4. The Labute approximate surface area is 215 Å². The SMILES string of the molecule is COc1cccc(-c2cccc(OCC[C@H]([C@H](C)O[Si](C)(C)C(C)(C)C)n3cnc(C(N)=O)c3)c2)c1. The average Bonchev–Trinajstić information content (AvgIpc) is 3.31. The van der Waals surface area contributed by atoms with Crippen molar-refractivity contribution in [2.45, 2.75) is 64.4 Å². The quantitative estimate of drug-likeness (QED) is 0.317. The zero-order valence-corrected chi connectivity index (χ0v) is 23.4. The van der Waals surface area contributed by atoms with Gasteiger partial charge in [-0.1, -0.05) is 45.0 Å². The molecule has 7 nitrogen and oxygen atoms in total. The van der Waals surface area contributed by atoms with Crippen molar-refractivity contribution in [3.63, 3.8) is 0 Å². The molecule has 36 heavy (non-hydrogen) atoms. The van der Waals surface area contributed by atoms with Crippen LogP contribution in [0.1, 0.15) is 50.6 Å². The molecule has 0 radical (unpaired) electrons. The molecule has 8 heteroatoms. The molecule has 0 saturated carbocycles. The van der Waals surface area contributed by atoms with E-state index >= 15 is 0 Å². The van der Waals surface area contributed by atoms with Crippen LogP contribution in [-0.2, 0) is 4.43 Å². The van der Waals surface area contributed by atoms with E-state index in [-0.39, 0.29) is 22.9 Å². The van der Waals surface area contributed by atoms with Crippen LogP contribution in [0.5, 0.6) is 11.5 Å². The topological polar surface area (TPSA) is 88.6 Å². The van der Waals surface area contributed by atoms with Gasteiger partial charge in [0.05, 0.1) is 32.2 Å². The second-order valence-corrected chi connectivity index (χ2v) is 15.4. The molecular formula is C28H39N3O4Si. The standard InChI is InChI=1S/C28H39N3O4Si/c1-20(35-36(6,7)28(2,3)4)26(31-18-25(27(29)32)30-19-31)14-15-34-24-13-9-11-22(17-24)21-10-8-12-23(16-21)33-5/h8-13,16-20,26H,14-15H2,1-7H3,(H2,29,32)/t20-,26+/m0/s1. The zero-order chi connectivity index (χ0) is 26.5. The fourth-order valence-corrected chi connectivity index (χ4v) is 5.30. The number of aromatic nitrogens is 2. The minimum absolute atomic E-state index is 0.0682. The summed E-state index contributed by atoms with van der Waals surface area (Å²) in [5.41, 5.74) is 7.80. The highest BCUT2D eigenvalue weighted by molar-refractivity contribution is 6.74. The number of benzene rings is 2. The molecule has 2 atom stereocenters. The number of imidazole rings is 1. The van der Waals surface area contributed by atoms with Gasteiger partial charge >= 0.3 is 0 Å². The summed E-state index contributed by atoms with van der Waals surface area (Å²) < 4.78 is 20.2. The van der Waals surface area contributed by atoms with Crippen molar-refractivity contribution in [2.24, 2.45) is 5.73 Å². The van der Waals surface area contributed by atoms with Crippen LogP contribution in [-0.4, -0.2) is 43.6 Å². The molecule has 3 aromatic rings. The Kier molecular flexibility index (Phi) is 8.63. The van der Waals surface area contributed by atoms with Crippen LogP contribution in [0.2, 0.25) is 18.1 Å². The Morgan fingerprint density at radius 2 is 1.69 bits per heavy atom. The van der Waals surface area contributed by atoms with E-state index in [0.717, 1.165) is 22.6 Å². The van der Waals surface area contributed by atoms with Crippen molar-refractivity contribution < 1.29 is 18.7 Å². The van der Waals surface area contributed by atoms with E-state index in [1.807, 2.05) is 47.0 Å². The Morgan fingerprint density at radius 1 is 1.08 bits per heavy atom. The van der Waals surface area contributed by atoms with Gasteiger partial charge in [0.1, 0.15) is 17.2 Å². The van der Waals surface area contributed by atoms with E-state index in [4.69, 9.17) is 19.6 Å². The molecule has 0 unspecified atom stereocenters. The van der Waals surface area contributed by atoms with E-state index in [2.05, 4.69) is 51.8 Å². The summed E-state index contributed by atoms with van der Waals surface area (Å²) in [6, 6.07) is 15.9. The van der Waals surface area contributed by atoms with Gasteiger partial charge in [-0.05, 0) is 60.4 Å². The number of nitrogens with two attached hydrogens (primary N) is 1. The largest absolute Gasteiger partial charge is 0.497 e. The van der Waals surface area contributed by atoms with E-state index in [9.17, 15) is 4.79 Å². The Balaban J connectivity index is 1.75. The maximum Gasteiger partial charge on any atom is 0.268 e. The summed E-state index contributed by atoms with van der Waals surface area (Å²) in [6.45, 7) is 13.7. The summed E-state index contributed by atoms with van der Waals surface area (Å²) in [5, 5.41) is 0.0796. The van der Waals surface area contributed by atoms with Gasteiger partial charge in [-0.3, -0.25) is 4.79 Å². The number of amides is 1. The first kappa shape index (κ1) is 27.5. The highest BCUT2D eigenvalue weighted by atomic mass is 28.4. The average molecular weight is 510 g/mol. The smallest absolute Gasteiger partial charge is 0.268 e. The fraction of sp³-hybridized carbons (Fsp3) is 0.429. The molecule has 0 bridgehead atoms. The fourth-order valence-electron chi connectivity index (χ4n) is 3.86. The number of nitrogens with zero attached hydrogens (tertiary/aromatic N) is 2. The number of hydrogen-bond donors (Lipinski definition) is 1. The van der Waals surface area contributed by atoms with Crippen LogP contribution in [0.15, 0.2) is 61.1 Å². The third kappa shape index (κ3) is 6.76. The summed E-state index contributed by atoms with van der Waals surface area (Å²) in [6.07, 6.45) is 3.92. The van der Waals surface area contributed by atoms with Crippen molar-refractivity contribution in [3.8, 4) is 22.6 Å². The first-order valence-electron chi connectivity index (χ1n) is 12.3. The van der Waals surface area contributed by atoms with Crippen molar-refractivity contribution in [1.29, 1.82) is 0 Å². The summed E-state index contributed by atoms with van der Waals surface area (Å²) in [7, 11) is -0.347. The van der Waals surface area contributed by atoms with E-state index < -0.39 is 14.2 Å². The van der Waals surface area contributed by atoms with Crippen LogP contribution >= 0.6 is 0 Å². The molecule has 2 aromatic carbocycles. The van der Waals surface area contributed by atoms with Gasteiger partial charge in [-0.2, -0.15) is 0 Å². The van der Waals surface area contributed by atoms with E-state index in [1.165, 1.54) is 0 Å². The predicted molar refractivity (Wildman–Crippen MR) is 146 cm³/mol. The van der Waals surface area contributed by atoms with Gasteiger partial charge in [0.2, 0.25) is 0 Å². The van der Waals surface area contributed by atoms with Crippen molar-refractivity contribution in [2.75, 3.05) is 13.7 Å². The van der Waals surface area contributed by atoms with Crippen LogP contribution in [0.3, 0.4) is 0 Å². The lowest BCUT2D eigenvalue weighted by Gasteiger charge is -2.40. The van der Waals surface area contributed by atoms with Crippen molar-refractivity contribution in [1.82, 2.24) is 9.55 Å². The molecule has 0 saturated heterocycles. The second kappa shape index (κ2) is 11.3.